The summed E-state index contributed by atoms with van der Waals surface area (Å²) in [6.45, 7) is -0.417. The number of carbonyl (C=O) groups excluding carboxylic acids is 1. The van der Waals surface area contributed by atoms with E-state index in [2.05, 4.69) is 87.6 Å². The third-order valence-electron chi connectivity index (χ3n) is 3.50. The largest absolute Gasteiger partial charge is 0.480 e. The lowest BCUT2D eigenvalue weighted by Gasteiger charge is -2.09. The average molecular weight is 748 g/mol. The Labute approximate surface area is 208 Å². The second kappa shape index (κ2) is 9.75. The molecule has 3 rings (SSSR count). The minimum atomic E-state index is -1.05. The Kier molecular flexibility index (Phi) is 7.56. The van der Waals surface area contributed by atoms with Crippen molar-refractivity contribution in [2.24, 2.45) is 5.10 Å². The molecule has 1 aromatic heterocycles. The molecule has 0 saturated carbocycles. The molecule has 1 heterocycles. The average Bonchev–Trinajstić information content (AvgIpc) is 3.05. The second-order valence-corrected chi connectivity index (χ2v) is 9.71. The predicted octanol–water partition coefficient (Wildman–Crippen LogP) is 5.39. The SMILES string of the molecule is O=C(O)COc1c(I)cc(/C=N\NC(=O)c2cc3cc(Br)cc(Br)c3o2)cc1I. The molecule has 1 amide bonds. The highest BCUT2D eigenvalue weighted by atomic mass is 127. The van der Waals surface area contributed by atoms with Crippen LogP contribution in [-0.2, 0) is 4.79 Å². The number of hydrogen-bond donors (Lipinski definition) is 2. The summed E-state index contributed by atoms with van der Waals surface area (Å²) in [5.74, 6) is -0.896. The number of carboxylic acids is 1. The van der Waals surface area contributed by atoms with Crippen LogP contribution in [0.25, 0.3) is 11.0 Å². The number of carboxylic acid groups (broad SMARTS) is 1. The number of halogens is 4. The fourth-order valence-electron chi connectivity index (χ4n) is 2.33. The van der Waals surface area contributed by atoms with Crippen molar-refractivity contribution in [2.75, 3.05) is 6.61 Å². The number of hydrazone groups is 1. The van der Waals surface area contributed by atoms with Gasteiger partial charge in [0.2, 0.25) is 0 Å². The van der Waals surface area contributed by atoms with Crippen molar-refractivity contribution in [2.45, 2.75) is 0 Å². The summed E-state index contributed by atoms with van der Waals surface area (Å²) in [4.78, 5) is 23.0. The number of benzene rings is 2. The first-order chi connectivity index (χ1) is 13.7. The predicted molar refractivity (Wildman–Crippen MR) is 132 cm³/mol. The van der Waals surface area contributed by atoms with Gasteiger partial charge in [-0.2, -0.15) is 5.10 Å². The molecule has 0 fully saturated rings. The highest BCUT2D eigenvalue weighted by Gasteiger charge is 2.14. The lowest BCUT2D eigenvalue weighted by Crippen LogP contribution is -2.16. The minimum Gasteiger partial charge on any atom is -0.480 e. The van der Waals surface area contributed by atoms with Crippen molar-refractivity contribution < 1.29 is 23.8 Å². The van der Waals surface area contributed by atoms with Crippen LogP contribution in [-0.4, -0.2) is 29.8 Å². The molecular formula is C18H10Br2I2N2O5. The molecule has 0 bridgehead atoms. The monoisotopic (exact) mass is 746 g/mol. The van der Waals surface area contributed by atoms with E-state index in [0.29, 0.717) is 11.3 Å². The highest BCUT2D eigenvalue weighted by Crippen LogP contribution is 2.31. The van der Waals surface area contributed by atoms with E-state index in [4.69, 9.17) is 14.3 Å². The van der Waals surface area contributed by atoms with Crippen LogP contribution in [0.5, 0.6) is 5.75 Å². The van der Waals surface area contributed by atoms with Gasteiger partial charge in [-0.1, -0.05) is 15.9 Å². The van der Waals surface area contributed by atoms with Crippen LogP contribution in [0.2, 0.25) is 0 Å². The van der Waals surface area contributed by atoms with Gasteiger partial charge in [0.25, 0.3) is 0 Å². The molecule has 0 spiro atoms. The van der Waals surface area contributed by atoms with Gasteiger partial charge in [0, 0.05) is 9.86 Å². The standard InChI is InChI=1S/C18H10Br2I2N2O5/c19-10-3-9-4-14(29-16(9)11(20)5-10)18(27)24-23-6-8-1-12(21)17(13(22)2-8)28-7-15(25)26/h1-6H,7H2,(H,24,27)(H,25,26)/b23-6-. The molecule has 0 saturated heterocycles. The number of nitrogens with one attached hydrogen (secondary N) is 1. The normalized spacial score (nSPS) is 11.2. The van der Waals surface area contributed by atoms with Gasteiger partial charge in [0.1, 0.15) is 11.3 Å². The molecular weight excluding hydrogens is 738 g/mol. The smallest absolute Gasteiger partial charge is 0.341 e. The van der Waals surface area contributed by atoms with Gasteiger partial charge in [0.05, 0.1) is 17.8 Å². The van der Waals surface area contributed by atoms with E-state index >= 15 is 0 Å². The molecule has 150 valence electrons. The van der Waals surface area contributed by atoms with E-state index < -0.39 is 18.5 Å². The summed E-state index contributed by atoms with van der Waals surface area (Å²) < 4.78 is 13.9. The third kappa shape index (κ3) is 5.70. The maximum Gasteiger partial charge on any atom is 0.341 e. The van der Waals surface area contributed by atoms with Crippen LogP contribution >= 0.6 is 77.0 Å². The van der Waals surface area contributed by atoms with Gasteiger partial charge in [-0.05, 0) is 97.0 Å². The molecule has 7 nitrogen and oxygen atoms in total. The Morgan fingerprint density at radius 2 is 1.86 bits per heavy atom. The zero-order chi connectivity index (χ0) is 21.1. The van der Waals surface area contributed by atoms with E-state index in [9.17, 15) is 9.59 Å². The number of aliphatic carboxylic acids is 1. The van der Waals surface area contributed by atoms with Crippen LogP contribution in [0, 0.1) is 7.14 Å². The molecule has 0 radical (unpaired) electrons. The van der Waals surface area contributed by atoms with E-state index in [1.807, 2.05) is 12.1 Å². The van der Waals surface area contributed by atoms with Crippen LogP contribution in [0.15, 0.2) is 48.8 Å². The topological polar surface area (TPSA) is 101 Å². The van der Waals surface area contributed by atoms with Crippen LogP contribution in [0.1, 0.15) is 16.1 Å². The van der Waals surface area contributed by atoms with Gasteiger partial charge in [0.15, 0.2) is 12.4 Å². The van der Waals surface area contributed by atoms with Gasteiger partial charge in [-0.25, -0.2) is 10.2 Å². The number of nitrogens with zero attached hydrogens (tertiary/aromatic N) is 1. The lowest BCUT2D eigenvalue weighted by molar-refractivity contribution is -0.139. The maximum atomic E-state index is 12.3. The molecule has 0 aliphatic heterocycles. The summed E-state index contributed by atoms with van der Waals surface area (Å²) in [6, 6.07) is 8.85. The summed E-state index contributed by atoms with van der Waals surface area (Å²) in [6.07, 6.45) is 1.48. The molecule has 11 heteroatoms. The fourth-order valence-corrected chi connectivity index (χ4v) is 5.80. The Morgan fingerprint density at radius 1 is 1.17 bits per heavy atom. The molecule has 0 aliphatic carbocycles. The zero-order valence-corrected chi connectivity index (χ0v) is 21.7. The van der Waals surface area contributed by atoms with Crippen LogP contribution < -0.4 is 10.2 Å². The molecule has 0 aliphatic rings. The highest BCUT2D eigenvalue weighted by molar-refractivity contribution is 14.1. The number of furan rings is 1. The Hall–Kier alpha value is -1.19. The number of carbonyl (C=O) groups is 2. The molecule has 2 N–H and O–H groups in total. The summed E-state index contributed by atoms with van der Waals surface area (Å²) >= 11 is 10.9. The third-order valence-corrected chi connectivity index (χ3v) is 6.15. The first kappa shape index (κ1) is 22.5. The molecule has 0 atom stereocenters. The minimum absolute atomic E-state index is 0.137. The number of hydrogen-bond acceptors (Lipinski definition) is 5. The van der Waals surface area contributed by atoms with Gasteiger partial charge in [-0.15, -0.1) is 0 Å². The van der Waals surface area contributed by atoms with Crippen molar-refractivity contribution in [3.63, 3.8) is 0 Å². The first-order valence-electron chi connectivity index (χ1n) is 7.80. The van der Waals surface area contributed by atoms with Gasteiger partial charge >= 0.3 is 11.9 Å². The number of fused-ring (bicyclic) bond motifs is 1. The Morgan fingerprint density at radius 3 is 2.52 bits per heavy atom. The number of ether oxygens (including phenoxy) is 1. The molecule has 3 aromatic rings. The molecule has 2 aromatic carbocycles. The summed E-state index contributed by atoms with van der Waals surface area (Å²) in [5, 5.41) is 13.5. The first-order valence-corrected chi connectivity index (χ1v) is 11.5. The van der Waals surface area contributed by atoms with E-state index in [-0.39, 0.29) is 5.76 Å². The van der Waals surface area contributed by atoms with Crippen molar-refractivity contribution in [3.05, 3.63) is 57.7 Å². The van der Waals surface area contributed by atoms with Crippen molar-refractivity contribution in [3.8, 4) is 5.75 Å². The van der Waals surface area contributed by atoms with E-state index in [1.165, 1.54) is 6.21 Å². The molecule has 29 heavy (non-hydrogen) atoms. The van der Waals surface area contributed by atoms with E-state index in [0.717, 1.165) is 27.0 Å². The van der Waals surface area contributed by atoms with Crippen molar-refractivity contribution in [1.82, 2.24) is 5.43 Å². The van der Waals surface area contributed by atoms with Crippen LogP contribution in [0.3, 0.4) is 0 Å². The fraction of sp³-hybridized carbons (Fsp3) is 0.0556. The van der Waals surface area contributed by atoms with Gasteiger partial charge < -0.3 is 14.3 Å². The Bertz CT molecular complexity index is 1120. The lowest BCUT2D eigenvalue weighted by atomic mass is 10.2. The second-order valence-electron chi connectivity index (χ2n) is 5.61. The maximum absolute atomic E-state index is 12.3. The summed E-state index contributed by atoms with van der Waals surface area (Å²) in [7, 11) is 0. The Balaban J connectivity index is 1.72. The summed E-state index contributed by atoms with van der Waals surface area (Å²) in [5.41, 5.74) is 3.72. The number of amides is 1. The zero-order valence-electron chi connectivity index (χ0n) is 14.2. The van der Waals surface area contributed by atoms with Gasteiger partial charge in [-0.3, -0.25) is 4.79 Å². The number of rotatable bonds is 6. The van der Waals surface area contributed by atoms with Crippen molar-refractivity contribution in [1.29, 1.82) is 0 Å². The molecule has 0 unspecified atom stereocenters. The van der Waals surface area contributed by atoms with E-state index in [1.54, 1.807) is 18.2 Å². The van der Waals surface area contributed by atoms with Crippen LogP contribution in [0.4, 0.5) is 0 Å². The van der Waals surface area contributed by atoms with Crippen molar-refractivity contribution >= 4 is 106 Å². The quantitative estimate of drug-likeness (QED) is 0.200.